The Morgan fingerprint density at radius 3 is 2.72 bits per heavy atom. The van der Waals surface area contributed by atoms with E-state index in [9.17, 15) is 22.8 Å². The van der Waals surface area contributed by atoms with Crippen LogP contribution in [0.4, 0.5) is 13.2 Å². The van der Waals surface area contributed by atoms with Gasteiger partial charge in [-0.1, -0.05) is 23.7 Å². The number of likely N-dealkylation sites (tertiary alicyclic amines) is 1. The van der Waals surface area contributed by atoms with E-state index in [4.69, 9.17) is 11.6 Å². The maximum atomic E-state index is 12.5. The molecular weight excluding hydrogens is 357 g/mol. The van der Waals surface area contributed by atoms with Crippen molar-refractivity contribution in [1.29, 1.82) is 0 Å². The van der Waals surface area contributed by atoms with Crippen LogP contribution in [0.1, 0.15) is 31.2 Å². The summed E-state index contributed by atoms with van der Waals surface area (Å²) in [6.45, 7) is 0.329. The van der Waals surface area contributed by atoms with E-state index < -0.39 is 24.0 Å². The quantitative estimate of drug-likeness (QED) is 0.774. The van der Waals surface area contributed by atoms with Gasteiger partial charge in [0, 0.05) is 18.1 Å². The topological polar surface area (TPSA) is 49.4 Å². The van der Waals surface area contributed by atoms with E-state index in [1.54, 1.807) is 6.07 Å². The Morgan fingerprint density at radius 2 is 2.04 bits per heavy atom. The van der Waals surface area contributed by atoms with Crippen LogP contribution in [0, 0.1) is 0 Å². The molecule has 1 aliphatic rings. The number of nitrogens with zero attached hydrogens (tertiary/aromatic N) is 1. The Balaban J connectivity index is 1.73. The SMILES string of the molecule is O=C(NCCCCc1cccc(Cl)c1)C1CCCN1C(=O)C(F)(F)F. The first kappa shape index (κ1) is 19.6. The number of amides is 2. The molecule has 1 atom stereocenters. The van der Waals surface area contributed by atoms with Crippen LogP contribution in [0.5, 0.6) is 0 Å². The summed E-state index contributed by atoms with van der Waals surface area (Å²) < 4.78 is 37.6. The van der Waals surface area contributed by atoms with Crippen LogP contribution >= 0.6 is 11.6 Å². The van der Waals surface area contributed by atoms with Crippen molar-refractivity contribution in [3.8, 4) is 0 Å². The van der Waals surface area contributed by atoms with Gasteiger partial charge in [0.25, 0.3) is 0 Å². The predicted octanol–water partition coefficient (Wildman–Crippen LogP) is 3.33. The fourth-order valence-electron chi connectivity index (χ4n) is 2.92. The zero-order chi connectivity index (χ0) is 18.4. The molecule has 2 amide bonds. The number of carbonyl (C=O) groups is 2. The van der Waals surface area contributed by atoms with Gasteiger partial charge in [-0.2, -0.15) is 13.2 Å². The number of nitrogens with one attached hydrogen (secondary N) is 1. The van der Waals surface area contributed by atoms with Crippen LogP contribution in [0.25, 0.3) is 0 Å². The number of unbranched alkanes of at least 4 members (excludes halogenated alkanes) is 1. The van der Waals surface area contributed by atoms with E-state index in [1.807, 2.05) is 18.2 Å². The molecule has 0 radical (unpaired) electrons. The maximum absolute atomic E-state index is 12.5. The number of aryl methyl sites for hydroxylation is 1. The first-order valence-electron chi connectivity index (χ1n) is 8.19. The van der Waals surface area contributed by atoms with Crippen molar-refractivity contribution in [3.05, 3.63) is 34.9 Å². The predicted molar refractivity (Wildman–Crippen MR) is 88.2 cm³/mol. The van der Waals surface area contributed by atoms with Gasteiger partial charge in [0.2, 0.25) is 5.91 Å². The van der Waals surface area contributed by atoms with E-state index >= 15 is 0 Å². The second-order valence-electron chi connectivity index (χ2n) is 6.03. The average molecular weight is 377 g/mol. The molecule has 1 fully saturated rings. The summed E-state index contributed by atoms with van der Waals surface area (Å²) in [5, 5.41) is 3.30. The molecule has 4 nitrogen and oxygen atoms in total. The summed E-state index contributed by atoms with van der Waals surface area (Å²) in [6, 6.07) is 6.47. The minimum absolute atomic E-state index is 0.0365. The lowest BCUT2D eigenvalue weighted by atomic mass is 10.1. The fraction of sp³-hybridized carbons (Fsp3) is 0.529. The molecule has 1 unspecified atom stereocenters. The highest BCUT2D eigenvalue weighted by molar-refractivity contribution is 6.30. The molecule has 0 aliphatic carbocycles. The van der Waals surface area contributed by atoms with Crippen LogP contribution in [-0.2, 0) is 16.0 Å². The van der Waals surface area contributed by atoms with Gasteiger partial charge in [0.1, 0.15) is 6.04 Å². The molecule has 0 aromatic heterocycles. The van der Waals surface area contributed by atoms with E-state index in [0.717, 1.165) is 18.4 Å². The van der Waals surface area contributed by atoms with Gasteiger partial charge in [-0.3, -0.25) is 9.59 Å². The molecule has 1 aromatic rings. The maximum Gasteiger partial charge on any atom is 0.471 e. The number of hydrogen-bond acceptors (Lipinski definition) is 2. The largest absolute Gasteiger partial charge is 0.471 e. The van der Waals surface area contributed by atoms with Gasteiger partial charge in [-0.15, -0.1) is 0 Å². The highest BCUT2D eigenvalue weighted by atomic mass is 35.5. The van der Waals surface area contributed by atoms with Crippen LogP contribution in [0.15, 0.2) is 24.3 Å². The number of benzene rings is 1. The molecule has 8 heteroatoms. The summed E-state index contributed by atoms with van der Waals surface area (Å²) >= 11 is 5.90. The van der Waals surface area contributed by atoms with Gasteiger partial charge < -0.3 is 10.2 Å². The molecule has 25 heavy (non-hydrogen) atoms. The zero-order valence-corrected chi connectivity index (χ0v) is 14.4. The summed E-state index contributed by atoms with van der Waals surface area (Å²) in [5.41, 5.74) is 1.09. The summed E-state index contributed by atoms with van der Waals surface area (Å²) in [4.78, 5) is 24.1. The van der Waals surface area contributed by atoms with Gasteiger partial charge in [-0.25, -0.2) is 0 Å². The van der Waals surface area contributed by atoms with Crippen LogP contribution < -0.4 is 5.32 Å². The summed E-state index contributed by atoms with van der Waals surface area (Å²) in [7, 11) is 0. The highest BCUT2D eigenvalue weighted by Crippen LogP contribution is 2.25. The van der Waals surface area contributed by atoms with E-state index in [1.165, 1.54) is 0 Å². The molecule has 138 valence electrons. The van der Waals surface area contributed by atoms with Crippen molar-refractivity contribution in [2.45, 2.75) is 44.3 Å². The second-order valence-corrected chi connectivity index (χ2v) is 6.47. The van der Waals surface area contributed by atoms with E-state index in [0.29, 0.717) is 29.3 Å². The van der Waals surface area contributed by atoms with E-state index in [-0.39, 0.29) is 13.0 Å². The van der Waals surface area contributed by atoms with Gasteiger partial charge in [0.15, 0.2) is 0 Å². The van der Waals surface area contributed by atoms with Crippen molar-refractivity contribution in [3.63, 3.8) is 0 Å². The molecule has 0 saturated carbocycles. The third kappa shape index (κ3) is 5.63. The first-order chi connectivity index (χ1) is 11.8. The third-order valence-electron chi connectivity index (χ3n) is 4.14. The molecule has 0 bridgehead atoms. The monoisotopic (exact) mass is 376 g/mol. The summed E-state index contributed by atoms with van der Waals surface area (Å²) in [6.07, 6.45) is -1.97. The van der Waals surface area contributed by atoms with Crippen LogP contribution in [0.3, 0.4) is 0 Å². The minimum atomic E-state index is -4.94. The normalized spacial score (nSPS) is 17.6. The first-order valence-corrected chi connectivity index (χ1v) is 8.57. The second kappa shape index (κ2) is 8.56. The number of alkyl halides is 3. The molecule has 1 heterocycles. The number of hydrogen-bond donors (Lipinski definition) is 1. The number of halogens is 4. The van der Waals surface area contributed by atoms with Gasteiger partial charge >= 0.3 is 12.1 Å². The number of rotatable bonds is 6. The van der Waals surface area contributed by atoms with E-state index in [2.05, 4.69) is 5.32 Å². The molecule has 1 N–H and O–H groups in total. The number of carbonyl (C=O) groups excluding carboxylic acids is 2. The van der Waals surface area contributed by atoms with Crippen molar-refractivity contribution < 1.29 is 22.8 Å². The Bertz CT molecular complexity index is 622. The fourth-order valence-corrected chi connectivity index (χ4v) is 3.13. The van der Waals surface area contributed by atoms with Gasteiger partial charge in [0.05, 0.1) is 0 Å². The molecule has 1 aliphatic heterocycles. The van der Waals surface area contributed by atoms with Crippen LogP contribution in [0.2, 0.25) is 5.02 Å². The minimum Gasteiger partial charge on any atom is -0.354 e. The van der Waals surface area contributed by atoms with Gasteiger partial charge in [-0.05, 0) is 49.8 Å². The molecular formula is C17H20ClF3N2O2. The smallest absolute Gasteiger partial charge is 0.354 e. The molecule has 0 spiro atoms. The Hall–Kier alpha value is -1.76. The third-order valence-corrected chi connectivity index (χ3v) is 4.37. The molecule has 2 rings (SSSR count). The lowest BCUT2D eigenvalue weighted by Crippen LogP contribution is -2.50. The standard InChI is InChI=1S/C17H20ClF3N2O2/c18-13-7-3-6-12(11-13)5-1-2-9-22-15(24)14-8-4-10-23(14)16(25)17(19,20)21/h3,6-7,11,14H,1-2,4-5,8-10H2,(H,22,24). The van der Waals surface area contributed by atoms with Crippen molar-refractivity contribution >= 4 is 23.4 Å². The zero-order valence-electron chi connectivity index (χ0n) is 13.6. The molecule has 1 saturated heterocycles. The highest BCUT2D eigenvalue weighted by Gasteiger charge is 2.47. The summed E-state index contributed by atoms with van der Waals surface area (Å²) in [5.74, 6) is -2.45. The van der Waals surface area contributed by atoms with Crippen molar-refractivity contribution in [1.82, 2.24) is 10.2 Å². The van der Waals surface area contributed by atoms with Crippen LogP contribution in [-0.4, -0.2) is 42.0 Å². The lowest BCUT2D eigenvalue weighted by Gasteiger charge is -2.24. The Morgan fingerprint density at radius 1 is 1.28 bits per heavy atom. The van der Waals surface area contributed by atoms with Crippen molar-refractivity contribution in [2.24, 2.45) is 0 Å². The Labute approximate surface area is 149 Å². The van der Waals surface area contributed by atoms with Crippen molar-refractivity contribution in [2.75, 3.05) is 13.1 Å². The Kier molecular flexibility index (Phi) is 6.70. The average Bonchev–Trinajstić information content (AvgIpc) is 3.02. The lowest BCUT2D eigenvalue weighted by molar-refractivity contribution is -0.186. The molecule has 1 aromatic carbocycles.